The molecular weight excluding hydrogens is 440 g/mol. The molecule has 34 heavy (non-hydrogen) atoms. The van der Waals surface area contributed by atoms with Gasteiger partial charge in [0.25, 0.3) is 0 Å². The van der Waals surface area contributed by atoms with Crippen molar-refractivity contribution in [3.63, 3.8) is 0 Å². The zero-order valence-electron chi connectivity index (χ0n) is 19.3. The number of nitrogens with zero attached hydrogens (tertiary/aromatic N) is 3. The highest BCUT2D eigenvalue weighted by Crippen LogP contribution is 2.29. The molecule has 0 atom stereocenters. The maximum absolute atomic E-state index is 12.7. The molecule has 0 aliphatic heterocycles. The first-order chi connectivity index (χ1) is 16.4. The number of halogens is 2. The lowest BCUT2D eigenvalue weighted by Crippen LogP contribution is -2.36. The minimum Gasteiger partial charge on any atom is -0.434 e. The van der Waals surface area contributed by atoms with Crippen molar-refractivity contribution >= 4 is 28.6 Å². The van der Waals surface area contributed by atoms with Crippen LogP contribution in [0.1, 0.15) is 31.2 Å². The molecule has 2 N–H and O–H groups in total. The minimum atomic E-state index is -2.90. The van der Waals surface area contributed by atoms with E-state index in [1.54, 1.807) is 18.2 Å². The SMILES string of the molecule is CN(C)c1nc(NC2CCC(C(=O)NCc3ccccc3OC(F)F)CC2)nc2ccccc12. The Bertz CT molecular complexity index is 1130. The summed E-state index contributed by atoms with van der Waals surface area (Å²) >= 11 is 0. The van der Waals surface area contributed by atoms with Gasteiger partial charge in [-0.3, -0.25) is 4.79 Å². The molecule has 0 bridgehead atoms. The van der Waals surface area contributed by atoms with Crippen molar-refractivity contribution in [3.8, 4) is 5.75 Å². The first kappa shape index (κ1) is 23.7. The Morgan fingerprint density at radius 2 is 1.76 bits per heavy atom. The Morgan fingerprint density at radius 3 is 2.50 bits per heavy atom. The fraction of sp³-hybridized carbons (Fsp3) is 0.400. The highest BCUT2D eigenvalue weighted by Gasteiger charge is 2.27. The molecule has 0 unspecified atom stereocenters. The van der Waals surface area contributed by atoms with E-state index in [0.29, 0.717) is 11.5 Å². The van der Waals surface area contributed by atoms with Gasteiger partial charge in [0.05, 0.1) is 5.52 Å². The molecule has 9 heteroatoms. The minimum absolute atomic E-state index is 0.0675. The number of carbonyl (C=O) groups excluding carboxylic acids is 1. The Hall–Kier alpha value is -3.49. The summed E-state index contributed by atoms with van der Waals surface area (Å²) in [7, 11) is 3.92. The summed E-state index contributed by atoms with van der Waals surface area (Å²) in [6.07, 6.45) is 3.09. The highest BCUT2D eigenvalue weighted by atomic mass is 19.3. The Labute approximate surface area is 197 Å². The molecule has 4 rings (SSSR count). The number of benzene rings is 2. The average Bonchev–Trinajstić information content (AvgIpc) is 2.83. The van der Waals surface area contributed by atoms with Crippen LogP contribution in [0.5, 0.6) is 5.75 Å². The molecule has 1 aliphatic carbocycles. The molecule has 1 heterocycles. The van der Waals surface area contributed by atoms with Gasteiger partial charge in [-0.2, -0.15) is 13.8 Å². The monoisotopic (exact) mass is 469 g/mol. The molecular formula is C25H29F2N5O2. The van der Waals surface area contributed by atoms with Gasteiger partial charge in [-0.05, 0) is 43.9 Å². The predicted octanol–water partition coefficient (Wildman–Crippen LogP) is 4.58. The molecule has 0 radical (unpaired) electrons. The number of alkyl halides is 2. The lowest BCUT2D eigenvalue weighted by molar-refractivity contribution is -0.126. The van der Waals surface area contributed by atoms with Crippen LogP contribution in [0.4, 0.5) is 20.5 Å². The average molecular weight is 470 g/mol. The number of nitrogens with one attached hydrogen (secondary N) is 2. The molecule has 3 aromatic rings. The number of anilines is 2. The smallest absolute Gasteiger partial charge is 0.387 e. The normalized spacial score (nSPS) is 18.0. The number of fused-ring (bicyclic) bond motifs is 1. The molecule has 2 aromatic carbocycles. The summed E-state index contributed by atoms with van der Waals surface area (Å²) in [5.41, 5.74) is 1.41. The maximum Gasteiger partial charge on any atom is 0.387 e. The van der Waals surface area contributed by atoms with Crippen molar-refractivity contribution in [2.45, 2.75) is 44.9 Å². The van der Waals surface area contributed by atoms with Crippen molar-refractivity contribution < 1.29 is 18.3 Å². The quantitative estimate of drug-likeness (QED) is 0.503. The Morgan fingerprint density at radius 1 is 1.06 bits per heavy atom. The van der Waals surface area contributed by atoms with E-state index in [2.05, 4.69) is 20.4 Å². The summed E-state index contributed by atoms with van der Waals surface area (Å²) in [6, 6.07) is 14.6. The second kappa shape index (κ2) is 10.6. The second-order valence-corrected chi connectivity index (χ2v) is 8.68. The van der Waals surface area contributed by atoms with E-state index >= 15 is 0 Å². The largest absolute Gasteiger partial charge is 0.434 e. The van der Waals surface area contributed by atoms with Crippen molar-refractivity contribution in [3.05, 3.63) is 54.1 Å². The van der Waals surface area contributed by atoms with Crippen LogP contribution in [0.15, 0.2) is 48.5 Å². The molecule has 1 aromatic heterocycles. The van der Waals surface area contributed by atoms with Crippen LogP contribution < -0.4 is 20.3 Å². The number of aromatic nitrogens is 2. The molecule has 1 amide bonds. The first-order valence-corrected chi connectivity index (χ1v) is 11.4. The van der Waals surface area contributed by atoms with Gasteiger partial charge in [-0.15, -0.1) is 0 Å². The van der Waals surface area contributed by atoms with E-state index in [1.165, 1.54) is 6.07 Å². The van der Waals surface area contributed by atoms with Crippen LogP contribution >= 0.6 is 0 Å². The van der Waals surface area contributed by atoms with Crippen LogP contribution in [-0.2, 0) is 11.3 Å². The zero-order valence-corrected chi connectivity index (χ0v) is 19.3. The number of amides is 1. The summed E-state index contributed by atoms with van der Waals surface area (Å²) in [5.74, 6) is 1.35. The van der Waals surface area contributed by atoms with Crippen molar-refractivity contribution in [2.24, 2.45) is 5.92 Å². The van der Waals surface area contributed by atoms with E-state index in [9.17, 15) is 13.6 Å². The highest BCUT2D eigenvalue weighted by molar-refractivity contribution is 5.90. The van der Waals surface area contributed by atoms with Gasteiger partial charge in [-0.25, -0.2) is 4.98 Å². The second-order valence-electron chi connectivity index (χ2n) is 8.68. The van der Waals surface area contributed by atoms with Crippen LogP contribution in [0.3, 0.4) is 0 Å². The topological polar surface area (TPSA) is 79.4 Å². The maximum atomic E-state index is 12.7. The number of rotatable bonds is 8. The summed E-state index contributed by atoms with van der Waals surface area (Å²) in [4.78, 5) is 24.0. The van der Waals surface area contributed by atoms with Gasteiger partial charge in [0, 0.05) is 43.5 Å². The van der Waals surface area contributed by atoms with E-state index < -0.39 is 6.61 Å². The number of para-hydroxylation sites is 2. The fourth-order valence-corrected chi connectivity index (χ4v) is 4.34. The van der Waals surface area contributed by atoms with Crippen LogP contribution in [0.2, 0.25) is 0 Å². The van der Waals surface area contributed by atoms with Gasteiger partial charge in [0.15, 0.2) is 0 Å². The van der Waals surface area contributed by atoms with E-state index in [4.69, 9.17) is 4.98 Å². The van der Waals surface area contributed by atoms with Crippen molar-refractivity contribution in [1.29, 1.82) is 0 Å². The predicted molar refractivity (Wildman–Crippen MR) is 128 cm³/mol. The third-order valence-electron chi connectivity index (χ3n) is 6.08. The number of hydrogen-bond donors (Lipinski definition) is 2. The summed E-state index contributed by atoms with van der Waals surface area (Å²) in [5, 5.41) is 7.31. The third-order valence-corrected chi connectivity index (χ3v) is 6.08. The summed E-state index contributed by atoms with van der Waals surface area (Å²) < 4.78 is 29.7. The van der Waals surface area contributed by atoms with Crippen molar-refractivity contribution in [1.82, 2.24) is 15.3 Å². The van der Waals surface area contributed by atoms with Crippen molar-refractivity contribution in [2.75, 3.05) is 24.3 Å². The van der Waals surface area contributed by atoms with Crippen LogP contribution in [-0.4, -0.2) is 42.6 Å². The number of hydrogen-bond acceptors (Lipinski definition) is 6. The summed E-state index contributed by atoms with van der Waals surface area (Å²) in [6.45, 7) is -2.75. The van der Waals surface area contributed by atoms with E-state index in [1.807, 2.05) is 43.3 Å². The van der Waals surface area contributed by atoms with Gasteiger partial charge in [0.2, 0.25) is 11.9 Å². The van der Waals surface area contributed by atoms with Gasteiger partial charge >= 0.3 is 6.61 Å². The molecule has 1 aliphatic rings. The van der Waals surface area contributed by atoms with E-state index in [0.717, 1.165) is 42.4 Å². The molecule has 180 valence electrons. The molecule has 7 nitrogen and oxygen atoms in total. The Kier molecular flexibility index (Phi) is 7.40. The molecule has 1 fully saturated rings. The standard InChI is InChI=1S/C25H29F2N5O2/c1-32(2)22-19-8-4-5-9-20(19)30-25(31-22)29-18-13-11-16(12-14-18)23(33)28-15-17-7-3-6-10-21(17)34-24(26)27/h3-10,16,18,24H,11-15H2,1-2H3,(H,28,33)(H,29,30,31). The third kappa shape index (κ3) is 5.70. The molecule has 1 saturated carbocycles. The van der Waals surface area contributed by atoms with E-state index in [-0.39, 0.29) is 30.2 Å². The van der Waals surface area contributed by atoms with Gasteiger partial charge < -0.3 is 20.3 Å². The first-order valence-electron chi connectivity index (χ1n) is 11.4. The van der Waals surface area contributed by atoms with Gasteiger partial charge in [-0.1, -0.05) is 30.3 Å². The Balaban J connectivity index is 1.32. The number of ether oxygens (including phenoxy) is 1. The van der Waals surface area contributed by atoms with Gasteiger partial charge in [0.1, 0.15) is 11.6 Å². The van der Waals surface area contributed by atoms with Crippen LogP contribution in [0, 0.1) is 5.92 Å². The molecule has 0 saturated heterocycles. The fourth-order valence-electron chi connectivity index (χ4n) is 4.34. The molecule has 0 spiro atoms. The lowest BCUT2D eigenvalue weighted by Gasteiger charge is -2.29. The number of carbonyl (C=O) groups is 1. The zero-order chi connectivity index (χ0) is 24.1. The lowest BCUT2D eigenvalue weighted by atomic mass is 9.85. The van der Waals surface area contributed by atoms with Crippen LogP contribution in [0.25, 0.3) is 10.9 Å².